The van der Waals surface area contributed by atoms with Gasteiger partial charge in [-0.2, -0.15) is 0 Å². The van der Waals surface area contributed by atoms with Crippen LogP contribution in [-0.2, 0) is 16.1 Å². The maximum absolute atomic E-state index is 10.8. The van der Waals surface area contributed by atoms with Crippen molar-refractivity contribution in [1.82, 2.24) is 5.64 Å². The van der Waals surface area contributed by atoms with Gasteiger partial charge < -0.3 is 4.84 Å². The second-order valence-corrected chi connectivity index (χ2v) is 2.23. The van der Waals surface area contributed by atoms with Gasteiger partial charge in [0.25, 0.3) is 0 Å². The van der Waals surface area contributed by atoms with E-state index >= 15 is 0 Å². The van der Waals surface area contributed by atoms with Crippen molar-refractivity contribution in [2.75, 3.05) is 0 Å². The van der Waals surface area contributed by atoms with E-state index in [0.717, 1.165) is 5.56 Å². The lowest BCUT2D eigenvalue weighted by Gasteiger charge is -1.99. The lowest BCUT2D eigenvalue weighted by Crippen LogP contribution is -2.17. The molecule has 0 saturated heterocycles. The number of nitrogens with one attached hydrogen (secondary N) is 1. The minimum atomic E-state index is -0.524. The Morgan fingerprint density at radius 1 is 1.42 bits per heavy atom. The monoisotopic (exact) mass is 167 g/mol. The quantitative estimate of drug-likeness (QED) is 0.649. The van der Waals surface area contributed by atoms with Gasteiger partial charge >= 0.3 is 5.97 Å². The number of carbonyl (C=O) groups is 1. The number of carbonyl (C=O) groups excluding carboxylic acids is 1. The summed E-state index contributed by atoms with van der Waals surface area (Å²) in [5.74, 6) is -0.524. The normalized spacial score (nSPS) is 9.42. The zero-order valence-corrected chi connectivity index (χ0v) is 6.36. The summed E-state index contributed by atoms with van der Waals surface area (Å²) in [5.41, 5.74) is 2.18. The Morgan fingerprint density at radius 2 is 2.08 bits per heavy atom. The molecule has 1 rings (SSSR count). The van der Waals surface area contributed by atoms with E-state index in [1.807, 2.05) is 18.2 Å². The van der Waals surface area contributed by atoms with E-state index in [1.165, 1.54) is 5.64 Å². The standard InChI is InChI=1S/C8H9NO3/c10-8(12-9-11)6-7-4-2-1-3-5-7/h1-5,9,11H,6H2. The van der Waals surface area contributed by atoms with Crippen molar-refractivity contribution in [3.63, 3.8) is 0 Å². The van der Waals surface area contributed by atoms with Gasteiger partial charge in [0.05, 0.1) is 6.42 Å². The van der Waals surface area contributed by atoms with Gasteiger partial charge in [-0.3, -0.25) is 5.21 Å². The van der Waals surface area contributed by atoms with E-state index in [1.54, 1.807) is 12.1 Å². The van der Waals surface area contributed by atoms with Crippen molar-refractivity contribution in [1.29, 1.82) is 0 Å². The predicted molar refractivity (Wildman–Crippen MR) is 41.2 cm³/mol. The van der Waals surface area contributed by atoms with E-state index < -0.39 is 5.97 Å². The molecule has 4 heteroatoms. The average molecular weight is 167 g/mol. The molecule has 0 spiro atoms. The third kappa shape index (κ3) is 2.69. The van der Waals surface area contributed by atoms with Crippen molar-refractivity contribution in [2.45, 2.75) is 6.42 Å². The average Bonchev–Trinajstić information content (AvgIpc) is 2.06. The highest BCUT2D eigenvalue weighted by Crippen LogP contribution is 1.99. The van der Waals surface area contributed by atoms with Crippen LogP contribution in [0.15, 0.2) is 30.3 Å². The molecule has 0 radical (unpaired) electrons. The van der Waals surface area contributed by atoms with Gasteiger partial charge in [0.1, 0.15) is 0 Å². The van der Waals surface area contributed by atoms with Crippen molar-refractivity contribution >= 4 is 5.97 Å². The first-order chi connectivity index (χ1) is 5.83. The molecule has 1 aromatic rings. The summed E-state index contributed by atoms with van der Waals surface area (Å²) in [5, 5.41) is 8.02. The smallest absolute Gasteiger partial charge is 0.332 e. The fourth-order valence-electron chi connectivity index (χ4n) is 0.850. The molecule has 4 nitrogen and oxygen atoms in total. The van der Waals surface area contributed by atoms with Crippen LogP contribution in [-0.4, -0.2) is 11.2 Å². The summed E-state index contributed by atoms with van der Waals surface area (Å²) in [6.45, 7) is 0. The molecule has 0 atom stereocenters. The van der Waals surface area contributed by atoms with Crippen LogP contribution in [0.3, 0.4) is 0 Å². The fourth-order valence-corrected chi connectivity index (χ4v) is 0.850. The largest absolute Gasteiger partial charge is 0.345 e. The van der Waals surface area contributed by atoms with Crippen molar-refractivity contribution in [3.8, 4) is 0 Å². The lowest BCUT2D eigenvalue weighted by molar-refractivity contribution is -0.175. The number of hydrogen-bond acceptors (Lipinski definition) is 4. The van der Waals surface area contributed by atoms with Crippen LogP contribution >= 0.6 is 0 Å². The summed E-state index contributed by atoms with van der Waals surface area (Å²) in [6, 6.07) is 9.13. The number of hydrogen-bond donors (Lipinski definition) is 2. The van der Waals surface area contributed by atoms with E-state index in [2.05, 4.69) is 4.84 Å². The molecule has 0 heterocycles. The Hall–Kier alpha value is -1.39. The molecule has 0 aliphatic rings. The highest BCUT2D eigenvalue weighted by Gasteiger charge is 2.02. The van der Waals surface area contributed by atoms with Gasteiger partial charge in [-0.15, -0.1) is 0 Å². The summed E-state index contributed by atoms with van der Waals surface area (Å²) in [7, 11) is 0. The van der Waals surface area contributed by atoms with Gasteiger partial charge in [0.2, 0.25) is 0 Å². The van der Waals surface area contributed by atoms with Crippen LogP contribution in [0.5, 0.6) is 0 Å². The summed E-state index contributed by atoms with van der Waals surface area (Å²) in [6.07, 6.45) is 0.147. The van der Waals surface area contributed by atoms with Crippen LogP contribution in [0.4, 0.5) is 0 Å². The van der Waals surface area contributed by atoms with Crippen LogP contribution in [0.1, 0.15) is 5.56 Å². The molecule has 0 saturated carbocycles. The maximum Gasteiger partial charge on any atom is 0.332 e. The van der Waals surface area contributed by atoms with Crippen molar-refractivity contribution in [2.24, 2.45) is 0 Å². The molecule has 0 aliphatic carbocycles. The molecule has 0 bridgehead atoms. The topological polar surface area (TPSA) is 58.6 Å². The summed E-state index contributed by atoms with van der Waals surface area (Å²) < 4.78 is 0. The Balaban J connectivity index is 2.47. The zero-order valence-electron chi connectivity index (χ0n) is 6.36. The second kappa shape index (κ2) is 4.48. The number of rotatable bonds is 3. The van der Waals surface area contributed by atoms with E-state index in [4.69, 9.17) is 5.21 Å². The Bertz CT molecular complexity index is 248. The molecular weight excluding hydrogens is 158 g/mol. The Labute approximate surface area is 69.7 Å². The van der Waals surface area contributed by atoms with Gasteiger partial charge in [0, 0.05) is 0 Å². The zero-order chi connectivity index (χ0) is 8.81. The summed E-state index contributed by atoms with van der Waals surface area (Å²) >= 11 is 0. The minimum Gasteiger partial charge on any atom is -0.345 e. The maximum atomic E-state index is 10.8. The molecule has 64 valence electrons. The SMILES string of the molecule is O=C(Cc1ccccc1)ONO. The first-order valence-electron chi connectivity index (χ1n) is 3.45. The van der Waals surface area contributed by atoms with Gasteiger partial charge in [0.15, 0.2) is 0 Å². The van der Waals surface area contributed by atoms with Gasteiger partial charge in [-0.1, -0.05) is 30.3 Å². The van der Waals surface area contributed by atoms with Crippen LogP contribution in [0.2, 0.25) is 0 Å². The van der Waals surface area contributed by atoms with E-state index in [-0.39, 0.29) is 6.42 Å². The van der Waals surface area contributed by atoms with Crippen molar-refractivity contribution < 1.29 is 14.8 Å². The van der Waals surface area contributed by atoms with Crippen LogP contribution < -0.4 is 5.64 Å². The molecule has 2 N–H and O–H groups in total. The van der Waals surface area contributed by atoms with E-state index in [0.29, 0.717) is 0 Å². The Kier molecular flexibility index (Phi) is 3.25. The van der Waals surface area contributed by atoms with Crippen molar-refractivity contribution in [3.05, 3.63) is 35.9 Å². The number of benzene rings is 1. The third-order valence-electron chi connectivity index (χ3n) is 1.35. The molecule has 0 aromatic heterocycles. The van der Waals surface area contributed by atoms with Gasteiger partial charge in [-0.25, -0.2) is 4.79 Å². The fraction of sp³-hybridized carbons (Fsp3) is 0.125. The second-order valence-electron chi connectivity index (χ2n) is 2.23. The van der Waals surface area contributed by atoms with Crippen LogP contribution in [0.25, 0.3) is 0 Å². The highest BCUT2D eigenvalue weighted by atomic mass is 16.8. The lowest BCUT2D eigenvalue weighted by atomic mass is 10.2. The predicted octanol–water partition coefficient (Wildman–Crippen LogP) is 0.666. The van der Waals surface area contributed by atoms with E-state index in [9.17, 15) is 4.79 Å². The molecule has 0 fully saturated rings. The Morgan fingerprint density at radius 3 is 2.67 bits per heavy atom. The molecule has 12 heavy (non-hydrogen) atoms. The first-order valence-corrected chi connectivity index (χ1v) is 3.45. The van der Waals surface area contributed by atoms with Crippen LogP contribution in [0, 0.1) is 0 Å². The van der Waals surface area contributed by atoms with Gasteiger partial charge in [-0.05, 0) is 11.2 Å². The molecular formula is C8H9NO3. The molecule has 0 amide bonds. The highest BCUT2D eigenvalue weighted by molar-refractivity contribution is 5.72. The first kappa shape index (κ1) is 8.70. The summed E-state index contributed by atoms with van der Waals surface area (Å²) in [4.78, 5) is 14.9. The molecule has 1 aromatic carbocycles. The molecule has 0 unspecified atom stereocenters. The third-order valence-corrected chi connectivity index (χ3v) is 1.35. The minimum absolute atomic E-state index is 0.147. The molecule has 0 aliphatic heterocycles.